The van der Waals surface area contributed by atoms with Gasteiger partial charge in [0.1, 0.15) is 6.10 Å². The molecule has 2 atom stereocenters. The Bertz CT molecular complexity index is 158. The van der Waals surface area contributed by atoms with Crippen molar-refractivity contribution in [3.63, 3.8) is 0 Å². The quantitative estimate of drug-likeness (QED) is 0.673. The van der Waals surface area contributed by atoms with Gasteiger partial charge in [-0.05, 0) is 32.1 Å². The molecule has 76 valence electrons. The summed E-state index contributed by atoms with van der Waals surface area (Å²) < 4.78 is 11.0. The molecular weight excluding hydrogens is 168 g/mol. The summed E-state index contributed by atoms with van der Waals surface area (Å²) in [5, 5.41) is 10.1. The van der Waals surface area contributed by atoms with Gasteiger partial charge in [0.05, 0.1) is 6.61 Å². The summed E-state index contributed by atoms with van der Waals surface area (Å²) in [5.74, 6) is -0.974. The van der Waals surface area contributed by atoms with Crippen molar-refractivity contribution in [3.8, 4) is 0 Å². The molecule has 2 heterocycles. The zero-order chi connectivity index (χ0) is 9.15. The Morgan fingerprint density at radius 1 is 1.08 bits per heavy atom. The van der Waals surface area contributed by atoms with E-state index >= 15 is 0 Å². The van der Waals surface area contributed by atoms with Crippen LogP contribution in [0.3, 0.4) is 0 Å². The second kappa shape index (κ2) is 3.95. The lowest BCUT2D eigenvalue weighted by molar-refractivity contribution is -0.289. The zero-order valence-corrected chi connectivity index (χ0v) is 8.00. The van der Waals surface area contributed by atoms with Crippen molar-refractivity contribution in [2.45, 2.75) is 50.4 Å². The molecule has 2 fully saturated rings. The molecule has 2 rings (SSSR count). The van der Waals surface area contributed by atoms with E-state index in [0.717, 1.165) is 45.1 Å². The largest absolute Gasteiger partial charge is 0.373 e. The van der Waals surface area contributed by atoms with Gasteiger partial charge in [-0.15, -0.1) is 0 Å². The molecule has 0 aromatic rings. The minimum Gasteiger partial charge on any atom is -0.373 e. The maximum atomic E-state index is 10.1. The first-order valence-electron chi connectivity index (χ1n) is 5.29. The van der Waals surface area contributed by atoms with Crippen LogP contribution >= 0.6 is 0 Å². The molecule has 0 aliphatic carbocycles. The summed E-state index contributed by atoms with van der Waals surface area (Å²) in [5.41, 5.74) is 0. The van der Waals surface area contributed by atoms with Crippen molar-refractivity contribution < 1.29 is 14.6 Å². The van der Waals surface area contributed by atoms with Gasteiger partial charge in [-0.1, -0.05) is 0 Å². The van der Waals surface area contributed by atoms with Gasteiger partial charge in [-0.2, -0.15) is 0 Å². The lowest BCUT2D eigenvalue weighted by Gasteiger charge is -2.40. The van der Waals surface area contributed by atoms with Crippen molar-refractivity contribution in [2.75, 3.05) is 13.2 Å². The third-order valence-corrected chi connectivity index (χ3v) is 2.96. The van der Waals surface area contributed by atoms with E-state index in [-0.39, 0.29) is 6.10 Å². The summed E-state index contributed by atoms with van der Waals surface area (Å²) in [6.45, 7) is 1.45. The Hall–Kier alpha value is -0.120. The van der Waals surface area contributed by atoms with Crippen molar-refractivity contribution in [3.05, 3.63) is 0 Å². The third-order valence-electron chi connectivity index (χ3n) is 2.96. The van der Waals surface area contributed by atoms with E-state index in [1.807, 2.05) is 0 Å². The summed E-state index contributed by atoms with van der Waals surface area (Å²) in [6.07, 6.45) is 5.98. The highest BCUT2D eigenvalue weighted by molar-refractivity contribution is 4.83. The van der Waals surface area contributed by atoms with Crippen LogP contribution < -0.4 is 0 Å². The van der Waals surface area contributed by atoms with E-state index in [1.54, 1.807) is 0 Å². The Balaban J connectivity index is 1.94. The fraction of sp³-hybridized carbons (Fsp3) is 1.00. The Morgan fingerprint density at radius 2 is 1.92 bits per heavy atom. The molecule has 2 aliphatic heterocycles. The lowest BCUT2D eigenvalue weighted by atomic mass is 9.95. The van der Waals surface area contributed by atoms with Crippen LogP contribution in [0.15, 0.2) is 0 Å². The van der Waals surface area contributed by atoms with Crippen molar-refractivity contribution >= 4 is 0 Å². The minimum absolute atomic E-state index is 0.0819. The van der Waals surface area contributed by atoms with Gasteiger partial charge in [-0.25, -0.2) is 0 Å². The van der Waals surface area contributed by atoms with Crippen LogP contribution in [0.1, 0.15) is 38.5 Å². The highest BCUT2D eigenvalue weighted by atomic mass is 16.7. The zero-order valence-electron chi connectivity index (χ0n) is 8.00. The minimum atomic E-state index is -0.974. The first-order valence-corrected chi connectivity index (χ1v) is 5.29. The number of hydrogen-bond donors (Lipinski definition) is 1. The molecule has 0 aromatic heterocycles. The first-order chi connectivity index (χ1) is 6.31. The van der Waals surface area contributed by atoms with E-state index < -0.39 is 5.79 Å². The van der Waals surface area contributed by atoms with Crippen LogP contribution in [0.4, 0.5) is 0 Å². The molecule has 0 aromatic carbocycles. The monoisotopic (exact) mass is 186 g/mol. The third kappa shape index (κ3) is 2.03. The predicted molar refractivity (Wildman–Crippen MR) is 48.3 cm³/mol. The molecule has 3 heteroatoms. The second-order valence-electron chi connectivity index (χ2n) is 4.01. The van der Waals surface area contributed by atoms with Crippen LogP contribution in [-0.4, -0.2) is 30.2 Å². The lowest BCUT2D eigenvalue weighted by Crippen LogP contribution is -2.49. The van der Waals surface area contributed by atoms with Gasteiger partial charge in [0.2, 0.25) is 0 Å². The van der Waals surface area contributed by atoms with E-state index in [1.165, 1.54) is 0 Å². The normalized spacial score (nSPS) is 41.8. The highest BCUT2D eigenvalue weighted by Crippen LogP contribution is 2.31. The van der Waals surface area contributed by atoms with E-state index in [9.17, 15) is 5.11 Å². The van der Waals surface area contributed by atoms with E-state index in [4.69, 9.17) is 9.47 Å². The van der Waals surface area contributed by atoms with Crippen LogP contribution in [0, 0.1) is 0 Å². The van der Waals surface area contributed by atoms with Gasteiger partial charge in [-0.3, -0.25) is 0 Å². The van der Waals surface area contributed by atoms with Gasteiger partial charge in [0, 0.05) is 13.0 Å². The first kappa shape index (κ1) is 9.44. The Kier molecular flexibility index (Phi) is 2.86. The van der Waals surface area contributed by atoms with Crippen molar-refractivity contribution in [1.29, 1.82) is 0 Å². The average molecular weight is 186 g/mol. The number of hydrogen-bond acceptors (Lipinski definition) is 3. The SMILES string of the molecule is OC1(C2CCCCO2)CCCCO1. The highest BCUT2D eigenvalue weighted by Gasteiger charge is 2.40. The average Bonchev–Trinajstić information content (AvgIpc) is 2.20. The maximum Gasteiger partial charge on any atom is 0.192 e. The molecule has 1 N–H and O–H groups in total. The molecule has 2 unspecified atom stereocenters. The Morgan fingerprint density at radius 3 is 2.54 bits per heavy atom. The van der Waals surface area contributed by atoms with Crippen LogP contribution in [0.2, 0.25) is 0 Å². The fourth-order valence-corrected chi connectivity index (χ4v) is 2.15. The molecular formula is C10H18O3. The maximum absolute atomic E-state index is 10.1. The van der Waals surface area contributed by atoms with Crippen LogP contribution in [0.25, 0.3) is 0 Å². The summed E-state index contributed by atoms with van der Waals surface area (Å²) in [6, 6.07) is 0. The molecule has 0 saturated carbocycles. The van der Waals surface area contributed by atoms with Crippen molar-refractivity contribution in [1.82, 2.24) is 0 Å². The van der Waals surface area contributed by atoms with Crippen molar-refractivity contribution in [2.24, 2.45) is 0 Å². The summed E-state index contributed by atoms with van der Waals surface area (Å²) in [4.78, 5) is 0. The molecule has 2 saturated heterocycles. The van der Waals surface area contributed by atoms with Crippen LogP contribution in [-0.2, 0) is 9.47 Å². The van der Waals surface area contributed by atoms with Gasteiger partial charge >= 0.3 is 0 Å². The van der Waals surface area contributed by atoms with Crippen LogP contribution in [0.5, 0.6) is 0 Å². The van der Waals surface area contributed by atoms with Gasteiger partial charge in [0.15, 0.2) is 5.79 Å². The number of ether oxygens (including phenoxy) is 2. The predicted octanol–water partition coefficient (Wildman–Crippen LogP) is 1.44. The summed E-state index contributed by atoms with van der Waals surface area (Å²) in [7, 11) is 0. The second-order valence-corrected chi connectivity index (χ2v) is 4.01. The fourth-order valence-electron chi connectivity index (χ4n) is 2.15. The molecule has 0 amide bonds. The molecule has 3 nitrogen and oxygen atoms in total. The Labute approximate surface area is 79.0 Å². The van der Waals surface area contributed by atoms with E-state index in [2.05, 4.69) is 0 Å². The molecule has 2 aliphatic rings. The summed E-state index contributed by atoms with van der Waals surface area (Å²) >= 11 is 0. The van der Waals surface area contributed by atoms with Gasteiger partial charge in [0.25, 0.3) is 0 Å². The standard InChI is InChI=1S/C10H18O3/c11-10(6-2-4-8-13-10)9-5-1-3-7-12-9/h9,11H,1-8H2. The number of aliphatic hydroxyl groups is 1. The van der Waals surface area contributed by atoms with E-state index in [0.29, 0.717) is 6.61 Å². The topological polar surface area (TPSA) is 38.7 Å². The molecule has 0 spiro atoms. The smallest absolute Gasteiger partial charge is 0.192 e. The molecule has 0 radical (unpaired) electrons. The molecule has 13 heavy (non-hydrogen) atoms. The van der Waals surface area contributed by atoms with Gasteiger partial charge < -0.3 is 14.6 Å². The number of rotatable bonds is 1. The molecule has 0 bridgehead atoms.